The van der Waals surface area contributed by atoms with Crippen LogP contribution in [0.3, 0.4) is 0 Å². The first-order valence-corrected chi connectivity index (χ1v) is 27.9. The summed E-state index contributed by atoms with van der Waals surface area (Å²) in [6.45, 7) is 23.1. The molecule has 0 spiro atoms. The van der Waals surface area contributed by atoms with Crippen molar-refractivity contribution < 1.29 is 81.5 Å². The number of esters is 2. The lowest BCUT2D eigenvalue weighted by Crippen LogP contribution is -2.71. The number of carboxylic acid groups (broad SMARTS) is 2. The lowest BCUT2D eigenvalue weighted by Gasteiger charge is -2.50. The average molecular weight is 1070 g/mol. The van der Waals surface area contributed by atoms with Gasteiger partial charge in [0.25, 0.3) is 11.8 Å². The molecule has 2 saturated heterocycles. The maximum Gasteiger partial charge on any atom is 0.352 e. The molecular formula is C50H83N5O16S2. The number of carbonyl (C=O) groups is 8. The molecule has 0 aliphatic carbocycles. The monoisotopic (exact) mass is 1070 g/mol. The van der Waals surface area contributed by atoms with Crippen molar-refractivity contribution in [3.05, 3.63) is 22.5 Å². The Balaban J connectivity index is 0.000000388. The largest absolute Gasteiger partial charge is 0.543 e. The summed E-state index contributed by atoms with van der Waals surface area (Å²) < 4.78 is 32.0. The number of quaternary nitrogens is 1. The Hall–Kier alpha value is -4.26. The standard InChI is InChI=1S/2C17H24N2O8S.C16H36N/c2*1-3-4-25-5-6-26-8-12(21)18-13-15(22)19-14(17(23)24)11(7-27-10(2)20)9-28-16(13)19;1-5-9-13-17(14-10-6-2,15-11-7-3)16-12-8-4/h2*13,16H,3-9H2,1-2H3,(H,18,21)(H,23,24);5-16H2,1-4H3/q;;+1/p-1/t2*13-,16?;/m11./s1. The number of carbonyl (C=O) groups excluding carboxylic acids is 7. The molecule has 0 bridgehead atoms. The van der Waals surface area contributed by atoms with Crippen LogP contribution in [0, 0.1) is 0 Å². The van der Waals surface area contributed by atoms with Gasteiger partial charge in [-0.05, 0) is 38.5 Å². The fourth-order valence-electron chi connectivity index (χ4n) is 8.09. The number of nitrogens with zero attached hydrogens (tertiary/aromatic N) is 3. The van der Waals surface area contributed by atoms with Crippen LogP contribution in [0.1, 0.15) is 120 Å². The van der Waals surface area contributed by atoms with E-state index in [0.717, 1.165) is 22.6 Å². The third kappa shape index (κ3) is 21.9. The van der Waals surface area contributed by atoms with Gasteiger partial charge in [-0.3, -0.25) is 38.6 Å². The number of carboxylic acids is 2. The smallest absolute Gasteiger partial charge is 0.352 e. The average Bonchev–Trinajstić information content (AvgIpc) is 3.37. The molecule has 0 radical (unpaired) electrons. The summed E-state index contributed by atoms with van der Waals surface area (Å²) >= 11 is 2.58. The molecule has 4 rings (SSSR count). The third-order valence-electron chi connectivity index (χ3n) is 11.9. The Kier molecular flexibility index (Phi) is 31.9. The molecule has 3 N–H and O–H groups in total. The van der Waals surface area contributed by atoms with E-state index in [1.54, 1.807) is 0 Å². The van der Waals surface area contributed by atoms with Gasteiger partial charge in [-0.15, -0.1) is 23.5 Å². The second kappa shape index (κ2) is 35.9. The van der Waals surface area contributed by atoms with Gasteiger partial charge in [0.15, 0.2) is 0 Å². The van der Waals surface area contributed by atoms with Crippen molar-refractivity contribution in [1.82, 2.24) is 20.4 Å². The van der Waals surface area contributed by atoms with E-state index in [2.05, 4.69) is 38.3 Å². The number of rotatable bonds is 34. The number of hydrogen-bond donors (Lipinski definition) is 3. The van der Waals surface area contributed by atoms with E-state index >= 15 is 0 Å². The number of nitrogens with one attached hydrogen (secondary N) is 2. The summed E-state index contributed by atoms with van der Waals surface area (Å²) in [6, 6.07) is -1.66. The van der Waals surface area contributed by atoms with Gasteiger partial charge in [-0.1, -0.05) is 67.2 Å². The zero-order chi connectivity index (χ0) is 54.3. The molecule has 4 heterocycles. The SMILES string of the molecule is CCCC[N+](CCCC)(CCCC)CCCC.CCCOCCOCC(=O)N[C@@H]1C(=O)N2C(C(=O)O)=C(COC(C)=O)CSC12.CCCOCCOCC(=O)N[C@@H]1C(=O)N2C(C(=O)[O-])=C(COC(C)=O)CSC12. The molecule has 0 aromatic carbocycles. The maximum absolute atomic E-state index is 12.4. The van der Waals surface area contributed by atoms with Gasteiger partial charge in [0.1, 0.15) is 55.0 Å². The fraction of sp³-hybridized carbons (Fsp3) is 0.760. The zero-order valence-corrected chi connectivity index (χ0v) is 46.1. The zero-order valence-electron chi connectivity index (χ0n) is 44.4. The summed E-state index contributed by atoms with van der Waals surface area (Å²) in [6.07, 6.45) is 12.9. The molecule has 0 aromatic heterocycles. The van der Waals surface area contributed by atoms with Crippen LogP contribution >= 0.6 is 23.5 Å². The van der Waals surface area contributed by atoms with E-state index in [9.17, 15) is 48.6 Å². The molecule has 21 nitrogen and oxygen atoms in total. The van der Waals surface area contributed by atoms with E-state index in [1.165, 1.54) is 119 Å². The van der Waals surface area contributed by atoms with Gasteiger partial charge >= 0.3 is 17.9 Å². The highest BCUT2D eigenvalue weighted by Gasteiger charge is 2.55. The second-order valence-electron chi connectivity index (χ2n) is 17.9. The van der Waals surface area contributed by atoms with Crippen molar-refractivity contribution in [2.24, 2.45) is 0 Å². The van der Waals surface area contributed by atoms with Gasteiger partial charge in [0.05, 0.1) is 64.3 Å². The minimum absolute atomic E-state index is 0.189. The summed E-state index contributed by atoms with van der Waals surface area (Å²) in [5, 5.41) is 25.0. The first-order valence-electron chi connectivity index (χ1n) is 25.8. The van der Waals surface area contributed by atoms with Gasteiger partial charge in [0.2, 0.25) is 11.8 Å². The normalized spacial score (nSPS) is 19.0. The Labute approximate surface area is 440 Å². The van der Waals surface area contributed by atoms with Gasteiger partial charge in [-0.2, -0.15) is 0 Å². The quantitative estimate of drug-likeness (QED) is 0.0362. The highest BCUT2D eigenvalue weighted by Crippen LogP contribution is 2.41. The van der Waals surface area contributed by atoms with Crippen LogP contribution < -0.4 is 15.7 Å². The Bertz CT molecular complexity index is 1720. The number of hydrogen-bond acceptors (Lipinski definition) is 17. The lowest BCUT2D eigenvalue weighted by molar-refractivity contribution is -0.929. The van der Waals surface area contributed by atoms with Crippen molar-refractivity contribution in [2.75, 3.05) is 104 Å². The Morgan fingerprint density at radius 3 is 1.26 bits per heavy atom. The number of unbranched alkanes of at least 4 members (excludes halogenated alkanes) is 4. The van der Waals surface area contributed by atoms with E-state index in [4.69, 9.17) is 28.4 Å². The summed E-state index contributed by atoms with van der Waals surface area (Å²) in [4.78, 5) is 95.9. The molecule has 0 saturated carbocycles. The molecule has 2 fully saturated rings. The van der Waals surface area contributed by atoms with E-state index in [-0.39, 0.29) is 68.1 Å². The van der Waals surface area contributed by atoms with Crippen LogP contribution in [0.2, 0.25) is 0 Å². The Morgan fingerprint density at radius 2 is 0.932 bits per heavy atom. The van der Waals surface area contributed by atoms with Gasteiger partial charge in [-0.25, -0.2) is 4.79 Å². The number of thioether (sulfide) groups is 2. The van der Waals surface area contributed by atoms with Crippen molar-refractivity contribution in [3.8, 4) is 0 Å². The highest BCUT2D eigenvalue weighted by molar-refractivity contribution is 8.00. The van der Waals surface area contributed by atoms with Crippen LogP contribution in [-0.2, 0) is 66.8 Å². The molecule has 0 aromatic rings. The molecule has 4 aliphatic rings. The molecule has 4 amide bonds. The predicted molar refractivity (Wildman–Crippen MR) is 273 cm³/mol. The number of amides is 4. The second-order valence-corrected chi connectivity index (χ2v) is 20.2. The topological polar surface area (TPSA) is 266 Å². The number of ether oxygens (including phenoxy) is 6. The minimum Gasteiger partial charge on any atom is -0.543 e. The van der Waals surface area contributed by atoms with Crippen LogP contribution in [0.15, 0.2) is 22.5 Å². The van der Waals surface area contributed by atoms with Crippen LogP contribution in [-0.4, -0.2) is 193 Å². The lowest BCUT2D eigenvalue weighted by atomic mass is 10.0. The van der Waals surface area contributed by atoms with E-state index in [1.807, 2.05) is 13.8 Å². The third-order valence-corrected chi connectivity index (χ3v) is 14.6. The predicted octanol–water partition coefficient (Wildman–Crippen LogP) is 3.13. The highest BCUT2D eigenvalue weighted by atomic mass is 32.2. The summed E-state index contributed by atoms with van der Waals surface area (Å²) in [7, 11) is 0. The molecule has 2 unspecified atom stereocenters. The maximum atomic E-state index is 12.4. The number of aliphatic carboxylic acids is 2. The van der Waals surface area contributed by atoms with E-state index < -0.39 is 70.3 Å². The molecule has 4 aliphatic heterocycles. The van der Waals surface area contributed by atoms with Crippen molar-refractivity contribution in [2.45, 2.75) is 142 Å². The van der Waals surface area contributed by atoms with Crippen molar-refractivity contribution in [1.29, 1.82) is 0 Å². The van der Waals surface area contributed by atoms with Crippen LogP contribution in [0.4, 0.5) is 0 Å². The molecule has 23 heteroatoms. The molecule has 416 valence electrons. The minimum atomic E-state index is -1.53. The number of fused-ring (bicyclic) bond motifs is 2. The van der Waals surface area contributed by atoms with Crippen LogP contribution in [0.25, 0.3) is 0 Å². The van der Waals surface area contributed by atoms with Crippen LogP contribution in [0.5, 0.6) is 0 Å². The van der Waals surface area contributed by atoms with Crippen molar-refractivity contribution in [3.63, 3.8) is 0 Å². The molecule has 73 heavy (non-hydrogen) atoms. The molecule has 4 atom stereocenters. The van der Waals surface area contributed by atoms with Crippen molar-refractivity contribution >= 4 is 71.0 Å². The first kappa shape index (κ1) is 64.9. The first-order chi connectivity index (χ1) is 35.0. The molecular weight excluding hydrogens is 991 g/mol. The van der Waals surface area contributed by atoms with E-state index in [0.29, 0.717) is 32.0 Å². The van der Waals surface area contributed by atoms with Gasteiger partial charge < -0.3 is 58.5 Å². The summed E-state index contributed by atoms with van der Waals surface area (Å²) in [5.41, 5.74) is 0.136. The number of β-lactam (4-membered cyclic amide) rings is 2. The Morgan fingerprint density at radius 1 is 0.575 bits per heavy atom. The fourth-order valence-corrected chi connectivity index (χ4v) is 10.7. The van der Waals surface area contributed by atoms with Gasteiger partial charge in [0, 0.05) is 49.7 Å². The summed E-state index contributed by atoms with van der Waals surface area (Å²) in [5.74, 6) is -5.39.